The highest BCUT2D eigenvalue weighted by molar-refractivity contribution is 7.89. The Labute approximate surface area is 166 Å². The summed E-state index contributed by atoms with van der Waals surface area (Å²) < 4.78 is 27.5. The zero-order valence-corrected chi connectivity index (χ0v) is 17.8. The van der Waals surface area contributed by atoms with Gasteiger partial charge in [-0.05, 0) is 30.4 Å². The number of sulfonamides is 1. The number of anilines is 1. The van der Waals surface area contributed by atoms with Crippen molar-refractivity contribution in [2.24, 2.45) is 11.8 Å². The van der Waals surface area contributed by atoms with Gasteiger partial charge in [0.2, 0.25) is 15.9 Å². The summed E-state index contributed by atoms with van der Waals surface area (Å²) in [5, 5.41) is 11.6. The fourth-order valence-electron chi connectivity index (χ4n) is 3.51. The number of carbonyl (C=O) groups excluding carboxylic acids is 1. The minimum absolute atomic E-state index is 0.0545. The number of piperidine rings is 1. The number of nitro groups is 1. The Morgan fingerprint density at radius 1 is 1.21 bits per heavy atom. The summed E-state index contributed by atoms with van der Waals surface area (Å²) in [5.41, 5.74) is -0.146. The molecule has 1 heterocycles. The van der Waals surface area contributed by atoms with Gasteiger partial charge in [-0.2, -0.15) is 4.31 Å². The summed E-state index contributed by atoms with van der Waals surface area (Å²) in [7, 11) is 0.930. The smallest absolute Gasteiger partial charge is 0.293 e. The van der Waals surface area contributed by atoms with Crippen molar-refractivity contribution in [3.8, 4) is 0 Å². The van der Waals surface area contributed by atoms with E-state index < -0.39 is 14.9 Å². The lowest BCUT2D eigenvalue weighted by Crippen LogP contribution is -2.42. The maximum Gasteiger partial charge on any atom is 0.293 e. The van der Waals surface area contributed by atoms with Crippen LogP contribution in [0.5, 0.6) is 0 Å². The monoisotopic (exact) mass is 412 g/mol. The van der Waals surface area contributed by atoms with Crippen LogP contribution in [0.4, 0.5) is 11.4 Å². The molecule has 0 saturated carbocycles. The van der Waals surface area contributed by atoms with Crippen LogP contribution in [0.25, 0.3) is 0 Å². The van der Waals surface area contributed by atoms with Gasteiger partial charge in [-0.3, -0.25) is 14.9 Å². The van der Waals surface area contributed by atoms with E-state index in [2.05, 4.69) is 0 Å². The zero-order valence-electron chi connectivity index (χ0n) is 17.0. The third-order valence-electron chi connectivity index (χ3n) is 4.90. The highest BCUT2D eigenvalue weighted by atomic mass is 32.2. The lowest BCUT2D eigenvalue weighted by atomic mass is 9.94. The molecule has 1 aliphatic rings. The van der Waals surface area contributed by atoms with E-state index in [1.165, 1.54) is 26.2 Å². The molecule has 1 saturated heterocycles. The van der Waals surface area contributed by atoms with Gasteiger partial charge in [-0.25, -0.2) is 8.42 Å². The molecule has 10 heteroatoms. The van der Waals surface area contributed by atoms with Crippen LogP contribution in [0, 0.1) is 22.0 Å². The molecule has 0 unspecified atom stereocenters. The van der Waals surface area contributed by atoms with Crippen molar-refractivity contribution >= 4 is 27.3 Å². The SMILES string of the molecule is C[C@@H]1C[C@@H](C)CN(S(=O)(=O)c2ccc(N(C)CC(=O)N(C)C)c([N+](=O)[O-])c2)C1. The summed E-state index contributed by atoms with van der Waals surface area (Å²) in [5.74, 6) is 0.247. The molecular formula is C18H28N4O5S. The highest BCUT2D eigenvalue weighted by Gasteiger charge is 2.33. The molecule has 0 bridgehead atoms. The normalized spacial score (nSPS) is 20.6. The van der Waals surface area contributed by atoms with Gasteiger partial charge in [-0.1, -0.05) is 13.8 Å². The summed E-state index contributed by atoms with van der Waals surface area (Å²) in [6.45, 7) is 4.75. The fraction of sp³-hybridized carbons (Fsp3) is 0.611. The van der Waals surface area contributed by atoms with E-state index in [4.69, 9.17) is 0 Å². The molecule has 9 nitrogen and oxygen atoms in total. The van der Waals surface area contributed by atoms with E-state index in [-0.39, 0.29) is 40.6 Å². The number of nitrogens with zero attached hydrogens (tertiary/aromatic N) is 4. The second-order valence-corrected chi connectivity index (χ2v) is 9.76. The topological polar surface area (TPSA) is 104 Å². The molecule has 1 aliphatic heterocycles. The molecule has 28 heavy (non-hydrogen) atoms. The number of benzene rings is 1. The van der Waals surface area contributed by atoms with Crippen molar-refractivity contribution in [1.29, 1.82) is 0 Å². The molecule has 156 valence electrons. The Morgan fingerprint density at radius 3 is 2.29 bits per heavy atom. The highest BCUT2D eigenvalue weighted by Crippen LogP contribution is 2.33. The minimum atomic E-state index is -3.83. The third kappa shape index (κ3) is 4.79. The fourth-order valence-corrected chi connectivity index (χ4v) is 5.21. The number of likely N-dealkylation sites (N-methyl/N-ethyl adjacent to an activating group) is 2. The van der Waals surface area contributed by atoms with E-state index >= 15 is 0 Å². The van der Waals surface area contributed by atoms with Crippen molar-refractivity contribution in [2.75, 3.05) is 45.7 Å². The number of carbonyl (C=O) groups is 1. The first-order chi connectivity index (χ1) is 12.9. The molecule has 2 atom stereocenters. The first-order valence-corrected chi connectivity index (χ1v) is 10.6. The van der Waals surface area contributed by atoms with E-state index in [0.717, 1.165) is 12.5 Å². The van der Waals surface area contributed by atoms with Gasteiger partial charge in [0.1, 0.15) is 5.69 Å². The maximum absolute atomic E-state index is 13.0. The predicted octanol–water partition coefficient (Wildman–Crippen LogP) is 1.79. The predicted molar refractivity (Wildman–Crippen MR) is 107 cm³/mol. The third-order valence-corrected chi connectivity index (χ3v) is 6.73. The van der Waals surface area contributed by atoms with Gasteiger partial charge in [-0.15, -0.1) is 0 Å². The summed E-state index contributed by atoms with van der Waals surface area (Å²) >= 11 is 0. The Morgan fingerprint density at radius 2 is 1.79 bits per heavy atom. The number of rotatable bonds is 6. The van der Waals surface area contributed by atoms with Crippen molar-refractivity contribution in [1.82, 2.24) is 9.21 Å². The number of amides is 1. The first kappa shape index (κ1) is 22.1. The number of hydrogen-bond donors (Lipinski definition) is 0. The second-order valence-electron chi connectivity index (χ2n) is 7.82. The standard InChI is InChI=1S/C18H28N4O5S/c1-13-8-14(2)11-21(10-13)28(26,27)15-6-7-16(17(9-15)22(24)25)20(5)12-18(23)19(3)4/h6-7,9,13-14H,8,10-12H2,1-5H3/t13-,14-/m1/s1. The average Bonchev–Trinajstić information content (AvgIpc) is 2.60. The van der Waals surface area contributed by atoms with Crippen LogP contribution in [0.1, 0.15) is 20.3 Å². The number of nitro benzene ring substituents is 1. The van der Waals surface area contributed by atoms with Gasteiger partial charge in [0, 0.05) is 40.3 Å². The Hall–Kier alpha value is -2.20. The summed E-state index contributed by atoms with van der Waals surface area (Å²) in [6, 6.07) is 3.86. The van der Waals surface area contributed by atoms with Crippen molar-refractivity contribution in [2.45, 2.75) is 25.2 Å². The molecule has 0 aliphatic carbocycles. The molecule has 0 spiro atoms. The Bertz CT molecular complexity index is 846. The molecule has 0 N–H and O–H groups in total. The van der Waals surface area contributed by atoms with Crippen LogP contribution in [-0.4, -0.2) is 69.2 Å². The lowest BCUT2D eigenvalue weighted by molar-refractivity contribution is -0.384. The molecule has 0 aromatic heterocycles. The van der Waals surface area contributed by atoms with Gasteiger partial charge in [0.25, 0.3) is 5.69 Å². The van der Waals surface area contributed by atoms with E-state index in [1.807, 2.05) is 13.8 Å². The van der Waals surface area contributed by atoms with Gasteiger partial charge in [0.05, 0.1) is 16.4 Å². The molecule has 1 fully saturated rings. The lowest BCUT2D eigenvalue weighted by Gasteiger charge is -2.34. The Kier molecular flexibility index (Phi) is 6.66. The van der Waals surface area contributed by atoms with E-state index in [1.54, 1.807) is 21.1 Å². The summed E-state index contributed by atoms with van der Waals surface area (Å²) in [4.78, 5) is 25.6. The maximum atomic E-state index is 13.0. The first-order valence-electron chi connectivity index (χ1n) is 9.13. The van der Waals surface area contributed by atoms with E-state index in [0.29, 0.717) is 13.1 Å². The molecule has 2 rings (SSSR count). The number of hydrogen-bond acceptors (Lipinski definition) is 6. The van der Waals surface area contributed by atoms with Crippen molar-refractivity contribution in [3.05, 3.63) is 28.3 Å². The van der Waals surface area contributed by atoms with Crippen molar-refractivity contribution in [3.63, 3.8) is 0 Å². The molecule has 1 aromatic carbocycles. The second kappa shape index (κ2) is 8.44. The molecule has 0 radical (unpaired) electrons. The van der Waals surface area contributed by atoms with Gasteiger partial charge in [0.15, 0.2) is 0 Å². The molecule has 1 amide bonds. The van der Waals surface area contributed by atoms with Gasteiger partial charge >= 0.3 is 0 Å². The van der Waals surface area contributed by atoms with Crippen molar-refractivity contribution < 1.29 is 18.1 Å². The average molecular weight is 413 g/mol. The van der Waals surface area contributed by atoms with Crippen LogP contribution >= 0.6 is 0 Å². The van der Waals surface area contributed by atoms with Crippen LogP contribution in [0.15, 0.2) is 23.1 Å². The molecule has 1 aromatic rings. The van der Waals surface area contributed by atoms with Crippen LogP contribution in [0.2, 0.25) is 0 Å². The summed E-state index contributed by atoms with van der Waals surface area (Å²) in [6.07, 6.45) is 0.954. The quantitative estimate of drug-likeness (QED) is 0.521. The van der Waals surface area contributed by atoms with E-state index in [9.17, 15) is 23.3 Å². The van der Waals surface area contributed by atoms with Crippen LogP contribution in [-0.2, 0) is 14.8 Å². The zero-order chi connectivity index (χ0) is 21.2. The largest absolute Gasteiger partial charge is 0.360 e. The van der Waals surface area contributed by atoms with Crippen LogP contribution in [0.3, 0.4) is 0 Å². The minimum Gasteiger partial charge on any atom is -0.360 e. The van der Waals surface area contributed by atoms with Crippen LogP contribution < -0.4 is 4.90 Å². The van der Waals surface area contributed by atoms with Gasteiger partial charge < -0.3 is 9.80 Å². The Balaban J connectivity index is 2.38. The molecular weight excluding hydrogens is 384 g/mol.